The normalized spacial score (nSPS) is 16.5. The van der Waals surface area contributed by atoms with Crippen molar-refractivity contribution in [2.24, 2.45) is 0 Å². The first-order valence-corrected chi connectivity index (χ1v) is 7.44. The Morgan fingerprint density at radius 3 is 2.60 bits per heavy atom. The lowest BCUT2D eigenvalue weighted by Gasteiger charge is -2.30. The monoisotopic (exact) mass is 271 g/mol. The summed E-state index contributed by atoms with van der Waals surface area (Å²) in [6.45, 7) is 1.97. The number of benzene rings is 1. The third-order valence-corrected chi connectivity index (χ3v) is 4.48. The van der Waals surface area contributed by atoms with Crippen molar-refractivity contribution in [3.63, 3.8) is 0 Å². The zero-order valence-corrected chi connectivity index (χ0v) is 12.2. The van der Waals surface area contributed by atoms with Crippen molar-refractivity contribution in [3.8, 4) is 0 Å². The van der Waals surface area contributed by atoms with Crippen LogP contribution in [0, 0.1) is 6.92 Å². The van der Waals surface area contributed by atoms with Gasteiger partial charge in [-0.3, -0.25) is 4.79 Å². The third-order valence-electron chi connectivity index (χ3n) is 4.48. The van der Waals surface area contributed by atoms with E-state index in [9.17, 15) is 4.79 Å². The predicted molar refractivity (Wildman–Crippen MR) is 79.9 cm³/mol. The van der Waals surface area contributed by atoms with Gasteiger partial charge >= 0.3 is 0 Å². The first-order valence-electron chi connectivity index (χ1n) is 7.44. The third kappa shape index (κ3) is 2.21. The van der Waals surface area contributed by atoms with Gasteiger partial charge in [-0.05, 0) is 25.8 Å². The lowest BCUT2D eigenvalue weighted by molar-refractivity contribution is 0.0665. The molecule has 1 aromatic heterocycles. The number of amides is 1. The summed E-state index contributed by atoms with van der Waals surface area (Å²) in [5.74, 6) is 0.518. The molecule has 3 rings (SSSR count). The number of hydrogen-bond acceptors (Lipinski definition) is 2. The first-order chi connectivity index (χ1) is 9.68. The van der Waals surface area contributed by atoms with Gasteiger partial charge in [0.15, 0.2) is 5.76 Å². The number of para-hydroxylation sites is 1. The van der Waals surface area contributed by atoms with Crippen LogP contribution in [-0.2, 0) is 0 Å². The summed E-state index contributed by atoms with van der Waals surface area (Å²) in [5.41, 5.74) is 1.75. The van der Waals surface area contributed by atoms with Crippen molar-refractivity contribution < 1.29 is 9.21 Å². The molecule has 1 aromatic carbocycles. The van der Waals surface area contributed by atoms with Crippen molar-refractivity contribution in [2.45, 2.75) is 45.1 Å². The summed E-state index contributed by atoms with van der Waals surface area (Å²) in [7, 11) is 1.91. The first kappa shape index (κ1) is 13.2. The molecule has 0 atom stereocenters. The summed E-state index contributed by atoms with van der Waals surface area (Å²) in [5, 5.41) is 1.04. The number of hydrogen-bond donors (Lipinski definition) is 0. The van der Waals surface area contributed by atoms with Crippen LogP contribution in [0.2, 0.25) is 0 Å². The zero-order chi connectivity index (χ0) is 14.1. The fourth-order valence-electron chi connectivity index (χ4n) is 3.17. The zero-order valence-electron chi connectivity index (χ0n) is 12.2. The molecule has 1 aliphatic rings. The standard InChI is InChI=1S/C17H21NO2/c1-12-14-10-6-7-11-15(14)20-16(12)17(19)18(2)13-8-4-3-5-9-13/h6-7,10-11,13H,3-5,8-9H2,1-2H3. The molecule has 0 N–H and O–H groups in total. The fourth-order valence-corrected chi connectivity index (χ4v) is 3.17. The molecular formula is C17H21NO2. The molecule has 0 aliphatic heterocycles. The Balaban J connectivity index is 1.89. The van der Waals surface area contributed by atoms with Crippen LogP contribution in [0.1, 0.15) is 48.2 Å². The molecule has 0 saturated heterocycles. The molecule has 0 spiro atoms. The summed E-state index contributed by atoms with van der Waals surface area (Å²) < 4.78 is 5.78. The highest BCUT2D eigenvalue weighted by Crippen LogP contribution is 2.28. The Hall–Kier alpha value is -1.77. The smallest absolute Gasteiger partial charge is 0.289 e. The second-order valence-corrected chi connectivity index (χ2v) is 5.76. The molecule has 1 amide bonds. The van der Waals surface area contributed by atoms with Crippen molar-refractivity contribution in [1.29, 1.82) is 0 Å². The van der Waals surface area contributed by atoms with Crippen molar-refractivity contribution in [3.05, 3.63) is 35.6 Å². The highest BCUT2D eigenvalue weighted by atomic mass is 16.3. The molecule has 1 fully saturated rings. The van der Waals surface area contributed by atoms with Gasteiger partial charge in [-0.25, -0.2) is 0 Å². The molecule has 1 aliphatic carbocycles. The number of carbonyl (C=O) groups is 1. The van der Waals surface area contributed by atoms with Crippen LogP contribution in [0.3, 0.4) is 0 Å². The van der Waals surface area contributed by atoms with E-state index in [0.717, 1.165) is 29.4 Å². The second kappa shape index (κ2) is 5.31. The van der Waals surface area contributed by atoms with Crippen molar-refractivity contribution in [2.75, 3.05) is 7.05 Å². The van der Waals surface area contributed by atoms with E-state index in [-0.39, 0.29) is 5.91 Å². The minimum absolute atomic E-state index is 0.0191. The number of fused-ring (bicyclic) bond motifs is 1. The minimum Gasteiger partial charge on any atom is -0.451 e. The molecule has 1 saturated carbocycles. The Morgan fingerprint density at radius 2 is 1.90 bits per heavy atom. The molecule has 0 unspecified atom stereocenters. The molecule has 2 aromatic rings. The second-order valence-electron chi connectivity index (χ2n) is 5.76. The molecule has 106 valence electrons. The average molecular weight is 271 g/mol. The quantitative estimate of drug-likeness (QED) is 0.822. The van der Waals surface area contributed by atoms with Gasteiger partial charge in [0.25, 0.3) is 5.91 Å². The minimum atomic E-state index is 0.0191. The number of furan rings is 1. The predicted octanol–water partition coefficient (Wildman–Crippen LogP) is 4.15. The molecule has 0 bridgehead atoms. The van der Waals surface area contributed by atoms with E-state index in [1.54, 1.807) is 0 Å². The maximum Gasteiger partial charge on any atom is 0.289 e. The van der Waals surface area contributed by atoms with Gasteiger partial charge in [-0.15, -0.1) is 0 Å². The average Bonchev–Trinajstić information content (AvgIpc) is 2.84. The molecule has 20 heavy (non-hydrogen) atoms. The van der Waals surface area contributed by atoms with E-state index >= 15 is 0 Å². The molecule has 3 heteroatoms. The maximum absolute atomic E-state index is 12.7. The van der Waals surface area contributed by atoms with Gasteiger partial charge in [-0.2, -0.15) is 0 Å². The fraction of sp³-hybridized carbons (Fsp3) is 0.471. The van der Waals surface area contributed by atoms with Crippen molar-refractivity contribution >= 4 is 16.9 Å². The lowest BCUT2D eigenvalue weighted by atomic mass is 9.94. The van der Waals surface area contributed by atoms with E-state index in [4.69, 9.17) is 4.42 Å². The largest absolute Gasteiger partial charge is 0.451 e. The van der Waals surface area contributed by atoms with E-state index in [2.05, 4.69) is 0 Å². The van der Waals surface area contributed by atoms with Gasteiger partial charge in [0.2, 0.25) is 0 Å². The Kier molecular flexibility index (Phi) is 3.51. The summed E-state index contributed by atoms with van der Waals surface area (Å²) >= 11 is 0. The van der Waals surface area contributed by atoms with Gasteiger partial charge in [0.1, 0.15) is 5.58 Å². The topological polar surface area (TPSA) is 33.5 Å². The van der Waals surface area contributed by atoms with Crippen LogP contribution < -0.4 is 0 Å². The Bertz CT molecular complexity index is 623. The van der Waals surface area contributed by atoms with E-state index in [0.29, 0.717) is 11.8 Å². The molecule has 0 radical (unpaired) electrons. The summed E-state index contributed by atoms with van der Waals surface area (Å²) in [4.78, 5) is 14.5. The molecular weight excluding hydrogens is 250 g/mol. The SMILES string of the molecule is Cc1c(C(=O)N(C)C2CCCCC2)oc2ccccc12. The Labute approximate surface area is 119 Å². The van der Waals surface area contributed by atoms with E-state index < -0.39 is 0 Å². The van der Waals surface area contributed by atoms with Crippen LogP contribution in [0.4, 0.5) is 0 Å². The molecule has 1 heterocycles. The highest BCUT2D eigenvalue weighted by Gasteiger charge is 2.26. The lowest BCUT2D eigenvalue weighted by Crippen LogP contribution is -2.38. The summed E-state index contributed by atoms with van der Waals surface area (Å²) in [6.07, 6.45) is 5.97. The van der Waals surface area contributed by atoms with E-state index in [1.807, 2.05) is 43.1 Å². The summed E-state index contributed by atoms with van der Waals surface area (Å²) in [6, 6.07) is 8.20. The highest BCUT2D eigenvalue weighted by molar-refractivity contribution is 5.98. The maximum atomic E-state index is 12.7. The number of aryl methyl sites for hydroxylation is 1. The van der Waals surface area contributed by atoms with E-state index in [1.165, 1.54) is 19.3 Å². The van der Waals surface area contributed by atoms with Gasteiger partial charge < -0.3 is 9.32 Å². The van der Waals surface area contributed by atoms with Gasteiger partial charge in [0, 0.05) is 24.0 Å². The molecule has 3 nitrogen and oxygen atoms in total. The number of rotatable bonds is 2. The van der Waals surface area contributed by atoms with Crippen LogP contribution in [0.5, 0.6) is 0 Å². The van der Waals surface area contributed by atoms with Crippen molar-refractivity contribution in [1.82, 2.24) is 4.90 Å². The number of carbonyl (C=O) groups excluding carboxylic acids is 1. The van der Waals surface area contributed by atoms with Gasteiger partial charge in [-0.1, -0.05) is 37.5 Å². The Morgan fingerprint density at radius 1 is 1.20 bits per heavy atom. The van der Waals surface area contributed by atoms with Gasteiger partial charge in [0.05, 0.1) is 0 Å². The van der Waals surface area contributed by atoms with Crippen LogP contribution in [0.15, 0.2) is 28.7 Å². The number of nitrogens with zero attached hydrogens (tertiary/aromatic N) is 1. The van der Waals surface area contributed by atoms with Crippen LogP contribution in [-0.4, -0.2) is 23.9 Å². The van der Waals surface area contributed by atoms with Crippen LogP contribution >= 0.6 is 0 Å². The van der Waals surface area contributed by atoms with Crippen LogP contribution in [0.25, 0.3) is 11.0 Å².